The zero-order valence-corrected chi connectivity index (χ0v) is 14.0. The van der Waals surface area contributed by atoms with Crippen LogP contribution in [0.2, 0.25) is 0 Å². The molecule has 0 aromatic rings. The average Bonchev–Trinajstić information content (AvgIpc) is 2.76. The first-order valence-electron chi connectivity index (χ1n) is 7.42. The van der Waals surface area contributed by atoms with Gasteiger partial charge < -0.3 is 4.48 Å². The van der Waals surface area contributed by atoms with E-state index in [1.54, 1.807) is 0 Å². The summed E-state index contributed by atoms with van der Waals surface area (Å²) in [6, 6.07) is 0. The topological polar surface area (TPSA) is 37.1 Å². The van der Waals surface area contributed by atoms with Crippen LogP contribution in [0.5, 0.6) is 0 Å². The van der Waals surface area contributed by atoms with Crippen molar-refractivity contribution in [3.05, 3.63) is 0 Å². The first-order valence-corrected chi connectivity index (χ1v) is 7.42. The Kier molecular flexibility index (Phi) is 8.81. The van der Waals surface area contributed by atoms with Crippen molar-refractivity contribution in [1.29, 1.82) is 0 Å². The maximum Gasteiger partial charge on any atom is 0.152 e. The fourth-order valence-corrected chi connectivity index (χ4v) is 1.45. The summed E-state index contributed by atoms with van der Waals surface area (Å²) >= 11 is 0. The number of nitrogens with zero attached hydrogens (tertiary/aromatic N) is 4. The molecule has 4 heteroatoms. The quantitative estimate of drug-likeness (QED) is 0.654. The van der Waals surface area contributed by atoms with E-state index in [-0.39, 0.29) is 0 Å². The molecule has 0 fully saturated rings. The molecule has 0 aromatic heterocycles. The van der Waals surface area contributed by atoms with Crippen molar-refractivity contribution in [2.45, 2.75) is 47.0 Å². The fraction of sp³-hybridized carbons (Fsp3) is 0.933. The molecular formula is C15H33N4+. The molecule has 4 nitrogen and oxygen atoms in total. The Morgan fingerprint density at radius 1 is 1.00 bits per heavy atom. The minimum atomic E-state index is 0.549. The van der Waals surface area contributed by atoms with Crippen molar-refractivity contribution < 1.29 is 4.48 Å². The van der Waals surface area contributed by atoms with Crippen LogP contribution < -0.4 is 0 Å². The van der Waals surface area contributed by atoms with E-state index >= 15 is 0 Å². The molecule has 1 heterocycles. The fourth-order valence-electron chi connectivity index (χ4n) is 1.45. The van der Waals surface area contributed by atoms with Gasteiger partial charge in [0.2, 0.25) is 0 Å². The second-order valence-electron chi connectivity index (χ2n) is 7.09. The molecule has 0 radical (unpaired) electrons. The van der Waals surface area contributed by atoms with Crippen LogP contribution in [-0.2, 0) is 0 Å². The maximum absolute atomic E-state index is 4.09. The number of amidine groups is 1. The van der Waals surface area contributed by atoms with Crippen LogP contribution in [0.15, 0.2) is 15.2 Å². The molecule has 0 saturated carbocycles. The minimum Gasteiger partial charge on any atom is -0.331 e. The number of rotatable bonds is 6. The monoisotopic (exact) mass is 269 g/mol. The number of quaternary nitrogens is 1. The van der Waals surface area contributed by atoms with Gasteiger partial charge in [0.15, 0.2) is 6.67 Å². The van der Waals surface area contributed by atoms with Crippen molar-refractivity contribution >= 4 is 5.84 Å². The largest absolute Gasteiger partial charge is 0.331 e. The summed E-state index contributed by atoms with van der Waals surface area (Å²) in [4.78, 5) is 4.09. The van der Waals surface area contributed by atoms with E-state index in [2.05, 4.69) is 64.1 Å². The van der Waals surface area contributed by atoms with E-state index < -0.39 is 0 Å². The Bertz CT molecular complexity index is 285. The molecule has 0 aromatic carbocycles. The van der Waals surface area contributed by atoms with E-state index in [1.165, 1.54) is 13.0 Å². The van der Waals surface area contributed by atoms with Gasteiger partial charge in [-0.3, -0.25) is 0 Å². The van der Waals surface area contributed by atoms with Crippen LogP contribution in [0.1, 0.15) is 47.0 Å². The van der Waals surface area contributed by atoms with E-state index in [0.717, 1.165) is 35.0 Å². The number of azo groups is 1. The zero-order valence-electron chi connectivity index (χ0n) is 14.0. The number of hydrogen-bond acceptors (Lipinski definition) is 3. The molecule has 0 spiro atoms. The van der Waals surface area contributed by atoms with E-state index in [1.807, 2.05) is 0 Å². The highest BCUT2D eigenvalue weighted by Gasteiger charge is 2.06. The zero-order chi connectivity index (χ0) is 14.9. The molecule has 0 bridgehead atoms. The lowest BCUT2D eigenvalue weighted by Crippen LogP contribution is -2.35. The molecule has 112 valence electrons. The van der Waals surface area contributed by atoms with Gasteiger partial charge in [0.05, 0.1) is 27.7 Å². The first kappa shape index (κ1) is 18.2. The SMILES string of the molecule is CC(C)CCC1=NCN=N1.CC(C)CC[N+](C)(C)C. The lowest BCUT2D eigenvalue weighted by molar-refractivity contribution is -0.870. The third-order valence-electron chi connectivity index (χ3n) is 2.83. The lowest BCUT2D eigenvalue weighted by atomic mass is 10.1. The molecule has 0 atom stereocenters. The van der Waals surface area contributed by atoms with Crippen LogP contribution in [0.25, 0.3) is 0 Å². The van der Waals surface area contributed by atoms with E-state index in [4.69, 9.17) is 0 Å². The van der Waals surface area contributed by atoms with Crippen molar-refractivity contribution in [3.63, 3.8) is 0 Å². The second-order valence-corrected chi connectivity index (χ2v) is 7.09. The van der Waals surface area contributed by atoms with E-state index in [9.17, 15) is 0 Å². The van der Waals surface area contributed by atoms with Crippen molar-refractivity contribution in [3.8, 4) is 0 Å². The molecule has 1 aliphatic heterocycles. The van der Waals surface area contributed by atoms with Gasteiger partial charge in [0.1, 0.15) is 5.84 Å². The Labute approximate surface area is 119 Å². The summed E-state index contributed by atoms with van der Waals surface area (Å²) in [6.07, 6.45) is 3.49. The Balaban J connectivity index is 0.000000344. The lowest BCUT2D eigenvalue weighted by Gasteiger charge is -2.24. The Morgan fingerprint density at radius 2 is 1.58 bits per heavy atom. The Morgan fingerprint density at radius 3 is 1.89 bits per heavy atom. The predicted molar refractivity (Wildman–Crippen MR) is 83.6 cm³/mol. The smallest absolute Gasteiger partial charge is 0.152 e. The van der Waals surface area contributed by atoms with Crippen LogP contribution >= 0.6 is 0 Å². The maximum atomic E-state index is 4.09. The normalized spacial score (nSPS) is 14.7. The minimum absolute atomic E-state index is 0.549. The summed E-state index contributed by atoms with van der Waals surface area (Å²) in [5.74, 6) is 2.51. The molecule has 19 heavy (non-hydrogen) atoms. The van der Waals surface area contributed by atoms with Crippen LogP contribution in [0.4, 0.5) is 0 Å². The highest BCUT2D eigenvalue weighted by molar-refractivity contribution is 5.83. The summed E-state index contributed by atoms with van der Waals surface area (Å²) in [5, 5.41) is 7.65. The molecule has 0 saturated heterocycles. The van der Waals surface area contributed by atoms with Gasteiger partial charge in [-0.2, -0.15) is 5.11 Å². The average molecular weight is 269 g/mol. The third-order valence-corrected chi connectivity index (χ3v) is 2.83. The summed E-state index contributed by atoms with van der Waals surface area (Å²) < 4.78 is 1.10. The van der Waals surface area contributed by atoms with Crippen LogP contribution in [0, 0.1) is 11.8 Å². The third kappa shape index (κ3) is 13.5. The molecule has 0 N–H and O–H groups in total. The van der Waals surface area contributed by atoms with Gasteiger partial charge in [-0.25, -0.2) is 4.99 Å². The van der Waals surface area contributed by atoms with Gasteiger partial charge in [-0.05, 0) is 24.7 Å². The van der Waals surface area contributed by atoms with E-state index in [0.29, 0.717) is 6.67 Å². The van der Waals surface area contributed by atoms with Gasteiger partial charge in [0.25, 0.3) is 0 Å². The molecular weight excluding hydrogens is 236 g/mol. The van der Waals surface area contributed by atoms with Crippen LogP contribution in [-0.4, -0.2) is 44.7 Å². The molecule has 1 rings (SSSR count). The standard InChI is InChI=1S/C8H20N.C7H13N3/c1-8(2)6-7-9(3,4)5;1-6(2)3-4-7-8-5-9-10-7/h8H,6-7H2,1-5H3;6H,3-5H2,1-2H3/q+1;. The van der Waals surface area contributed by atoms with Gasteiger partial charge in [-0.15, -0.1) is 5.11 Å². The van der Waals surface area contributed by atoms with Gasteiger partial charge in [-0.1, -0.05) is 27.7 Å². The summed E-state index contributed by atoms with van der Waals surface area (Å²) in [7, 11) is 6.72. The Hall–Kier alpha value is -0.770. The highest BCUT2D eigenvalue weighted by atomic mass is 15.3. The van der Waals surface area contributed by atoms with Crippen LogP contribution in [0.3, 0.4) is 0 Å². The summed E-state index contributed by atoms with van der Waals surface area (Å²) in [5.41, 5.74) is 0. The molecule has 1 aliphatic rings. The number of aliphatic imine (C=N–C) groups is 1. The van der Waals surface area contributed by atoms with Gasteiger partial charge >= 0.3 is 0 Å². The van der Waals surface area contributed by atoms with Crippen molar-refractivity contribution in [2.75, 3.05) is 34.4 Å². The summed E-state index contributed by atoms with van der Waals surface area (Å²) in [6.45, 7) is 10.8. The predicted octanol–water partition coefficient (Wildman–Crippen LogP) is 3.98. The highest BCUT2D eigenvalue weighted by Crippen LogP contribution is 2.08. The number of hydrogen-bond donors (Lipinski definition) is 0. The van der Waals surface area contributed by atoms with Crippen molar-refractivity contribution in [2.24, 2.45) is 27.1 Å². The molecule has 0 amide bonds. The van der Waals surface area contributed by atoms with Gasteiger partial charge in [0, 0.05) is 6.42 Å². The second kappa shape index (κ2) is 9.18. The first-order chi connectivity index (χ1) is 8.70. The molecule has 0 unspecified atom stereocenters. The molecule has 0 aliphatic carbocycles. The van der Waals surface area contributed by atoms with Crippen molar-refractivity contribution in [1.82, 2.24) is 0 Å².